The molecule has 0 unspecified atom stereocenters. The Balaban J connectivity index is 2.57. The largest absolute Gasteiger partial charge is 0.416 e. The van der Waals surface area contributed by atoms with Crippen molar-refractivity contribution in [3.8, 4) is 0 Å². The van der Waals surface area contributed by atoms with Gasteiger partial charge in [-0.25, -0.2) is 4.98 Å². The summed E-state index contributed by atoms with van der Waals surface area (Å²) in [5, 5.41) is 0. The van der Waals surface area contributed by atoms with Crippen LogP contribution in [0.3, 0.4) is 0 Å². The number of aromatic nitrogens is 2. The second-order valence-electron chi connectivity index (χ2n) is 4.87. The van der Waals surface area contributed by atoms with E-state index in [-0.39, 0.29) is 5.88 Å². The van der Waals surface area contributed by atoms with Crippen molar-refractivity contribution in [2.45, 2.75) is 32.4 Å². The molecule has 0 atom stereocenters. The second-order valence-corrected chi connectivity index (χ2v) is 5.13. The number of hydrogen-bond donors (Lipinski definition) is 0. The normalized spacial score (nSPS) is 12.6. The Bertz CT molecular complexity index is 587. The zero-order valence-corrected chi connectivity index (χ0v) is 11.4. The molecule has 0 aliphatic rings. The smallest absolute Gasteiger partial charge is 0.327 e. The third kappa shape index (κ3) is 2.86. The lowest BCUT2D eigenvalue weighted by Gasteiger charge is -2.11. The van der Waals surface area contributed by atoms with E-state index in [0.29, 0.717) is 29.3 Å². The van der Waals surface area contributed by atoms with Gasteiger partial charge in [-0.2, -0.15) is 13.2 Å². The van der Waals surface area contributed by atoms with Crippen LogP contribution in [0.25, 0.3) is 11.0 Å². The van der Waals surface area contributed by atoms with E-state index >= 15 is 0 Å². The van der Waals surface area contributed by atoms with Crippen molar-refractivity contribution in [3.63, 3.8) is 0 Å². The predicted octanol–water partition coefficient (Wildman–Crippen LogP) is 4.45. The number of alkyl halides is 4. The number of rotatable bonds is 3. The minimum absolute atomic E-state index is 0.183. The van der Waals surface area contributed by atoms with E-state index in [1.807, 2.05) is 18.4 Å². The summed E-state index contributed by atoms with van der Waals surface area (Å²) in [7, 11) is 0. The number of nitrogens with zero attached hydrogens (tertiary/aromatic N) is 2. The molecular weight excluding hydrogens is 277 g/mol. The van der Waals surface area contributed by atoms with Gasteiger partial charge in [0, 0.05) is 6.54 Å². The zero-order chi connectivity index (χ0) is 14.2. The number of hydrogen-bond acceptors (Lipinski definition) is 1. The molecule has 0 saturated carbocycles. The summed E-state index contributed by atoms with van der Waals surface area (Å²) in [6.07, 6.45) is -4.35. The van der Waals surface area contributed by atoms with Crippen LogP contribution in [0.4, 0.5) is 13.2 Å². The van der Waals surface area contributed by atoms with Crippen LogP contribution >= 0.6 is 11.6 Å². The van der Waals surface area contributed by atoms with Gasteiger partial charge in [-0.3, -0.25) is 0 Å². The quantitative estimate of drug-likeness (QED) is 0.764. The fourth-order valence-corrected chi connectivity index (χ4v) is 2.23. The van der Waals surface area contributed by atoms with Crippen LogP contribution in [0.1, 0.15) is 25.2 Å². The summed E-state index contributed by atoms with van der Waals surface area (Å²) in [6, 6.07) is 3.62. The van der Waals surface area contributed by atoms with Crippen LogP contribution in [-0.4, -0.2) is 9.55 Å². The first kappa shape index (κ1) is 14.2. The minimum Gasteiger partial charge on any atom is -0.327 e. The van der Waals surface area contributed by atoms with Crippen LogP contribution in [0.15, 0.2) is 18.2 Å². The summed E-state index contributed by atoms with van der Waals surface area (Å²) in [6.45, 7) is 4.76. The van der Waals surface area contributed by atoms with Crippen LogP contribution in [0.2, 0.25) is 0 Å². The second kappa shape index (κ2) is 5.04. The lowest BCUT2D eigenvalue weighted by Crippen LogP contribution is -2.08. The van der Waals surface area contributed by atoms with Gasteiger partial charge in [0.1, 0.15) is 5.82 Å². The van der Waals surface area contributed by atoms with Gasteiger partial charge in [0.25, 0.3) is 0 Å². The molecule has 6 heteroatoms. The fraction of sp³-hybridized carbons (Fsp3) is 0.462. The maximum Gasteiger partial charge on any atom is 0.416 e. The topological polar surface area (TPSA) is 17.8 Å². The Kier molecular flexibility index (Phi) is 3.76. The van der Waals surface area contributed by atoms with Crippen molar-refractivity contribution in [2.24, 2.45) is 5.92 Å². The zero-order valence-electron chi connectivity index (χ0n) is 10.6. The molecule has 0 fully saturated rings. The van der Waals surface area contributed by atoms with Gasteiger partial charge in [-0.15, -0.1) is 11.6 Å². The Morgan fingerprint density at radius 1 is 1.32 bits per heavy atom. The molecule has 19 heavy (non-hydrogen) atoms. The maximum absolute atomic E-state index is 12.7. The van der Waals surface area contributed by atoms with Crippen LogP contribution in [0, 0.1) is 5.92 Å². The molecule has 0 aliphatic heterocycles. The van der Waals surface area contributed by atoms with E-state index in [1.165, 1.54) is 6.07 Å². The molecule has 0 radical (unpaired) electrons. The molecule has 2 nitrogen and oxygen atoms in total. The summed E-state index contributed by atoms with van der Waals surface area (Å²) in [5.74, 6) is 1.15. The molecule has 1 aromatic heterocycles. The van der Waals surface area contributed by atoms with Crippen LogP contribution in [0.5, 0.6) is 0 Å². The Hall–Kier alpha value is -1.23. The van der Waals surface area contributed by atoms with Crippen LogP contribution in [-0.2, 0) is 18.6 Å². The van der Waals surface area contributed by atoms with Gasteiger partial charge in [-0.05, 0) is 24.1 Å². The summed E-state index contributed by atoms with van der Waals surface area (Å²) >= 11 is 5.81. The van der Waals surface area contributed by atoms with Gasteiger partial charge >= 0.3 is 6.18 Å². The first-order chi connectivity index (χ1) is 8.82. The Labute approximate surface area is 114 Å². The average Bonchev–Trinajstić information content (AvgIpc) is 2.65. The molecule has 1 aromatic carbocycles. The van der Waals surface area contributed by atoms with E-state index in [4.69, 9.17) is 11.6 Å². The monoisotopic (exact) mass is 290 g/mol. The minimum atomic E-state index is -4.35. The Morgan fingerprint density at radius 3 is 2.53 bits per heavy atom. The van der Waals surface area contributed by atoms with Crippen molar-refractivity contribution in [1.29, 1.82) is 0 Å². The van der Waals surface area contributed by atoms with Crippen molar-refractivity contribution in [1.82, 2.24) is 9.55 Å². The fourth-order valence-electron chi connectivity index (χ4n) is 2.03. The van der Waals surface area contributed by atoms with E-state index in [9.17, 15) is 13.2 Å². The van der Waals surface area contributed by atoms with E-state index in [0.717, 1.165) is 12.1 Å². The molecule has 0 N–H and O–H groups in total. The maximum atomic E-state index is 12.7. The summed E-state index contributed by atoms with van der Waals surface area (Å²) < 4.78 is 39.8. The number of imidazole rings is 1. The van der Waals surface area contributed by atoms with Crippen molar-refractivity contribution < 1.29 is 13.2 Å². The molecule has 2 rings (SSSR count). The molecule has 0 bridgehead atoms. The molecule has 2 aromatic rings. The Morgan fingerprint density at radius 2 is 2.00 bits per heavy atom. The molecule has 0 spiro atoms. The van der Waals surface area contributed by atoms with Gasteiger partial charge in [0.05, 0.1) is 22.5 Å². The standard InChI is InChI=1S/C13H14ClF3N2/c1-8(2)7-19-11-4-3-9(13(15,16)17)5-10(11)18-12(19)6-14/h3-5,8H,6-7H2,1-2H3. The van der Waals surface area contributed by atoms with Gasteiger partial charge in [0.15, 0.2) is 0 Å². The van der Waals surface area contributed by atoms with Crippen molar-refractivity contribution >= 4 is 22.6 Å². The summed E-state index contributed by atoms with van der Waals surface area (Å²) in [4.78, 5) is 4.19. The van der Waals surface area contributed by atoms with Gasteiger partial charge in [0.2, 0.25) is 0 Å². The summed E-state index contributed by atoms with van der Waals surface area (Å²) in [5.41, 5.74) is 0.346. The SMILES string of the molecule is CC(C)Cn1c(CCl)nc2cc(C(F)(F)F)ccc21. The number of benzene rings is 1. The van der Waals surface area contributed by atoms with E-state index in [2.05, 4.69) is 4.98 Å². The third-order valence-electron chi connectivity index (χ3n) is 2.82. The molecule has 0 amide bonds. The number of halogens is 4. The lowest BCUT2D eigenvalue weighted by molar-refractivity contribution is -0.137. The van der Waals surface area contributed by atoms with E-state index < -0.39 is 11.7 Å². The highest BCUT2D eigenvalue weighted by molar-refractivity contribution is 6.16. The molecule has 104 valence electrons. The van der Waals surface area contributed by atoms with Gasteiger partial charge < -0.3 is 4.57 Å². The van der Waals surface area contributed by atoms with Crippen molar-refractivity contribution in [3.05, 3.63) is 29.6 Å². The molecular formula is C13H14ClF3N2. The van der Waals surface area contributed by atoms with Gasteiger partial charge in [-0.1, -0.05) is 13.8 Å². The third-order valence-corrected chi connectivity index (χ3v) is 3.06. The van der Waals surface area contributed by atoms with Crippen molar-refractivity contribution in [2.75, 3.05) is 0 Å². The highest BCUT2D eigenvalue weighted by Gasteiger charge is 2.31. The first-order valence-corrected chi connectivity index (χ1v) is 6.48. The molecule has 1 heterocycles. The van der Waals surface area contributed by atoms with E-state index in [1.54, 1.807) is 0 Å². The molecule has 0 aliphatic carbocycles. The lowest BCUT2D eigenvalue weighted by atomic mass is 10.2. The highest BCUT2D eigenvalue weighted by Crippen LogP contribution is 2.31. The molecule has 0 saturated heterocycles. The first-order valence-electron chi connectivity index (χ1n) is 5.95. The predicted molar refractivity (Wildman–Crippen MR) is 69.1 cm³/mol. The average molecular weight is 291 g/mol. The number of fused-ring (bicyclic) bond motifs is 1. The highest BCUT2D eigenvalue weighted by atomic mass is 35.5. The van der Waals surface area contributed by atoms with Crippen LogP contribution < -0.4 is 0 Å².